The van der Waals surface area contributed by atoms with Crippen LogP contribution in [0, 0.1) is 5.92 Å². The number of nitrogens with one attached hydrogen (secondary N) is 1. The molecule has 120 valence electrons. The van der Waals surface area contributed by atoms with Gasteiger partial charge in [0.1, 0.15) is 0 Å². The molecule has 0 amide bonds. The Balaban J connectivity index is 1.36. The SMILES string of the molecule is OCC(CN1CCC(N2CCCC2)C1)(NC1CC1)C1CC1. The number of aliphatic hydroxyl groups is 1. The van der Waals surface area contributed by atoms with Crippen molar-refractivity contribution in [2.24, 2.45) is 5.92 Å². The average molecular weight is 293 g/mol. The van der Waals surface area contributed by atoms with E-state index in [0.29, 0.717) is 18.6 Å². The van der Waals surface area contributed by atoms with E-state index in [1.807, 2.05) is 0 Å². The summed E-state index contributed by atoms with van der Waals surface area (Å²) in [5.41, 5.74) is 0.00106. The number of rotatable bonds is 7. The minimum Gasteiger partial charge on any atom is -0.394 e. The molecule has 2 atom stereocenters. The Bertz CT molecular complexity index is 363. The van der Waals surface area contributed by atoms with Crippen LogP contribution in [-0.4, -0.2) is 71.9 Å². The average Bonchev–Trinajstić information content (AvgIpc) is 3.40. The zero-order valence-electron chi connectivity index (χ0n) is 13.3. The summed E-state index contributed by atoms with van der Waals surface area (Å²) in [6.07, 6.45) is 9.35. The fourth-order valence-corrected chi connectivity index (χ4v) is 4.55. The lowest BCUT2D eigenvalue weighted by atomic mass is 9.93. The third-order valence-corrected chi connectivity index (χ3v) is 6.12. The Morgan fingerprint density at radius 3 is 2.38 bits per heavy atom. The third kappa shape index (κ3) is 3.14. The Hall–Kier alpha value is -0.160. The zero-order valence-corrected chi connectivity index (χ0v) is 13.3. The second-order valence-corrected chi connectivity index (χ2v) is 7.93. The number of hydrogen-bond acceptors (Lipinski definition) is 4. The maximum Gasteiger partial charge on any atom is 0.0628 e. The van der Waals surface area contributed by atoms with E-state index >= 15 is 0 Å². The van der Waals surface area contributed by atoms with E-state index in [-0.39, 0.29) is 5.54 Å². The van der Waals surface area contributed by atoms with Gasteiger partial charge in [-0.05, 0) is 70.5 Å². The molecule has 2 saturated heterocycles. The molecule has 0 bridgehead atoms. The Kier molecular flexibility index (Phi) is 3.99. The number of hydrogen-bond donors (Lipinski definition) is 2. The van der Waals surface area contributed by atoms with Gasteiger partial charge in [-0.3, -0.25) is 9.80 Å². The van der Waals surface area contributed by atoms with E-state index < -0.39 is 0 Å². The first-order chi connectivity index (χ1) is 10.3. The van der Waals surface area contributed by atoms with Crippen LogP contribution in [0.1, 0.15) is 44.9 Å². The van der Waals surface area contributed by atoms with Crippen molar-refractivity contribution in [1.29, 1.82) is 0 Å². The molecule has 2 N–H and O–H groups in total. The summed E-state index contributed by atoms with van der Waals surface area (Å²) >= 11 is 0. The second-order valence-electron chi connectivity index (χ2n) is 7.93. The normalized spacial score (nSPS) is 34.4. The third-order valence-electron chi connectivity index (χ3n) is 6.12. The van der Waals surface area contributed by atoms with Gasteiger partial charge >= 0.3 is 0 Å². The molecule has 0 spiro atoms. The molecular weight excluding hydrogens is 262 g/mol. The van der Waals surface area contributed by atoms with Crippen molar-refractivity contribution >= 4 is 0 Å². The predicted molar refractivity (Wildman–Crippen MR) is 84.4 cm³/mol. The minimum atomic E-state index is 0.00106. The minimum absolute atomic E-state index is 0.00106. The van der Waals surface area contributed by atoms with Crippen molar-refractivity contribution in [2.45, 2.75) is 62.6 Å². The lowest BCUT2D eigenvalue weighted by Crippen LogP contribution is -2.58. The van der Waals surface area contributed by atoms with Crippen molar-refractivity contribution in [2.75, 3.05) is 39.3 Å². The molecule has 4 fully saturated rings. The monoisotopic (exact) mass is 293 g/mol. The van der Waals surface area contributed by atoms with Crippen molar-refractivity contribution in [3.05, 3.63) is 0 Å². The molecule has 2 aliphatic heterocycles. The molecule has 0 aromatic heterocycles. The summed E-state index contributed by atoms with van der Waals surface area (Å²) in [7, 11) is 0. The number of likely N-dealkylation sites (tertiary alicyclic amines) is 2. The van der Waals surface area contributed by atoms with Gasteiger partial charge in [-0.15, -0.1) is 0 Å². The Morgan fingerprint density at radius 1 is 1.00 bits per heavy atom. The highest BCUT2D eigenvalue weighted by molar-refractivity contribution is 5.07. The van der Waals surface area contributed by atoms with E-state index in [9.17, 15) is 5.11 Å². The molecule has 2 heterocycles. The zero-order chi connectivity index (χ0) is 14.3. The van der Waals surface area contributed by atoms with Gasteiger partial charge in [-0.2, -0.15) is 0 Å². The summed E-state index contributed by atoms with van der Waals surface area (Å²) in [6, 6.07) is 1.47. The van der Waals surface area contributed by atoms with Crippen molar-refractivity contribution < 1.29 is 5.11 Å². The molecule has 0 aromatic carbocycles. The summed E-state index contributed by atoms with van der Waals surface area (Å²) < 4.78 is 0. The first-order valence-electron chi connectivity index (χ1n) is 9.14. The molecule has 4 heteroatoms. The van der Waals surface area contributed by atoms with Gasteiger partial charge in [0.25, 0.3) is 0 Å². The van der Waals surface area contributed by atoms with Gasteiger partial charge in [0.2, 0.25) is 0 Å². The lowest BCUT2D eigenvalue weighted by molar-refractivity contribution is 0.0947. The molecule has 0 radical (unpaired) electrons. The highest BCUT2D eigenvalue weighted by Crippen LogP contribution is 2.42. The summed E-state index contributed by atoms with van der Waals surface area (Å²) in [6.45, 7) is 6.45. The summed E-state index contributed by atoms with van der Waals surface area (Å²) in [4.78, 5) is 5.33. The van der Waals surface area contributed by atoms with Crippen molar-refractivity contribution in [3.8, 4) is 0 Å². The maximum absolute atomic E-state index is 10.1. The Labute approximate surface area is 128 Å². The summed E-state index contributed by atoms with van der Waals surface area (Å²) in [5, 5.41) is 13.9. The summed E-state index contributed by atoms with van der Waals surface area (Å²) in [5.74, 6) is 0.717. The number of aliphatic hydroxyl groups excluding tert-OH is 1. The first-order valence-corrected chi connectivity index (χ1v) is 9.14. The van der Waals surface area contributed by atoms with Crippen LogP contribution in [0.4, 0.5) is 0 Å². The Morgan fingerprint density at radius 2 is 1.76 bits per heavy atom. The smallest absolute Gasteiger partial charge is 0.0628 e. The van der Waals surface area contributed by atoms with Gasteiger partial charge in [-0.25, -0.2) is 0 Å². The van der Waals surface area contributed by atoms with Crippen LogP contribution in [0.3, 0.4) is 0 Å². The van der Waals surface area contributed by atoms with Gasteiger partial charge in [-0.1, -0.05) is 0 Å². The standard InChI is InChI=1S/C17H31N3O/c21-13-17(14-3-4-14,18-15-5-6-15)12-19-10-7-16(11-19)20-8-1-2-9-20/h14-16,18,21H,1-13H2. The largest absolute Gasteiger partial charge is 0.394 e. The molecule has 4 rings (SSSR count). The molecule has 2 unspecified atom stereocenters. The highest BCUT2D eigenvalue weighted by Gasteiger charge is 2.48. The molecule has 2 aliphatic carbocycles. The van der Waals surface area contributed by atoms with Crippen LogP contribution in [0.15, 0.2) is 0 Å². The van der Waals surface area contributed by atoms with Crippen LogP contribution in [0.2, 0.25) is 0 Å². The fourth-order valence-electron chi connectivity index (χ4n) is 4.55. The molecule has 2 saturated carbocycles. The van der Waals surface area contributed by atoms with E-state index in [1.54, 1.807) is 0 Å². The van der Waals surface area contributed by atoms with E-state index in [4.69, 9.17) is 0 Å². The van der Waals surface area contributed by atoms with E-state index in [2.05, 4.69) is 15.1 Å². The van der Waals surface area contributed by atoms with Crippen LogP contribution in [0.5, 0.6) is 0 Å². The first kappa shape index (κ1) is 14.4. The van der Waals surface area contributed by atoms with Crippen LogP contribution < -0.4 is 5.32 Å². The van der Waals surface area contributed by atoms with E-state index in [0.717, 1.165) is 12.6 Å². The van der Waals surface area contributed by atoms with Gasteiger partial charge in [0, 0.05) is 25.2 Å². The van der Waals surface area contributed by atoms with Crippen LogP contribution in [0.25, 0.3) is 0 Å². The molecule has 0 aromatic rings. The van der Waals surface area contributed by atoms with E-state index in [1.165, 1.54) is 71.1 Å². The molecule has 21 heavy (non-hydrogen) atoms. The fraction of sp³-hybridized carbons (Fsp3) is 1.00. The topological polar surface area (TPSA) is 38.7 Å². The highest BCUT2D eigenvalue weighted by atomic mass is 16.3. The number of nitrogens with zero attached hydrogens (tertiary/aromatic N) is 2. The van der Waals surface area contributed by atoms with Gasteiger partial charge < -0.3 is 10.4 Å². The van der Waals surface area contributed by atoms with Gasteiger partial charge in [0.05, 0.1) is 12.1 Å². The molecular formula is C17H31N3O. The van der Waals surface area contributed by atoms with Crippen LogP contribution in [-0.2, 0) is 0 Å². The van der Waals surface area contributed by atoms with Crippen LogP contribution >= 0.6 is 0 Å². The second kappa shape index (κ2) is 5.80. The van der Waals surface area contributed by atoms with Crippen molar-refractivity contribution in [1.82, 2.24) is 15.1 Å². The quantitative estimate of drug-likeness (QED) is 0.736. The molecule has 4 aliphatic rings. The maximum atomic E-state index is 10.1. The van der Waals surface area contributed by atoms with Crippen molar-refractivity contribution in [3.63, 3.8) is 0 Å². The molecule has 4 nitrogen and oxygen atoms in total. The predicted octanol–water partition coefficient (Wildman–Crippen LogP) is 1.05. The van der Waals surface area contributed by atoms with Gasteiger partial charge in [0.15, 0.2) is 0 Å². The lowest BCUT2D eigenvalue weighted by Gasteiger charge is -2.37.